The highest BCUT2D eigenvalue weighted by atomic mass is 32.1. The van der Waals surface area contributed by atoms with E-state index in [0.29, 0.717) is 12.1 Å². The summed E-state index contributed by atoms with van der Waals surface area (Å²) in [5.41, 5.74) is -0.348. The van der Waals surface area contributed by atoms with E-state index < -0.39 is 11.7 Å². The number of thiophene rings is 1. The number of halogens is 3. The molecule has 0 aliphatic carbocycles. The van der Waals surface area contributed by atoms with Crippen LogP contribution in [0.4, 0.5) is 13.2 Å². The molecule has 2 aromatic rings. The van der Waals surface area contributed by atoms with Crippen LogP contribution in [0.15, 0.2) is 41.8 Å². The van der Waals surface area contributed by atoms with Crippen molar-refractivity contribution >= 4 is 17.2 Å². The van der Waals surface area contributed by atoms with Crippen LogP contribution in [-0.2, 0) is 17.4 Å². The SMILES string of the molecule is O=C(Cc1cccc(C(F)(F)F)c1)NC[C@@H](c1cccs1)[NH+]1CCCC1. The Morgan fingerprint density at radius 1 is 1.19 bits per heavy atom. The fraction of sp³-hybridized carbons (Fsp3) is 0.421. The van der Waals surface area contributed by atoms with E-state index in [1.54, 1.807) is 17.4 Å². The molecule has 1 aliphatic heterocycles. The van der Waals surface area contributed by atoms with Gasteiger partial charge in [-0.3, -0.25) is 4.79 Å². The first-order valence-electron chi connectivity index (χ1n) is 8.74. The maximum Gasteiger partial charge on any atom is 0.416 e. The number of rotatable bonds is 6. The van der Waals surface area contributed by atoms with Crippen LogP contribution in [0.5, 0.6) is 0 Å². The summed E-state index contributed by atoms with van der Waals surface area (Å²) in [6.45, 7) is 2.69. The zero-order chi connectivity index (χ0) is 18.6. The smallest absolute Gasteiger partial charge is 0.349 e. The molecule has 2 heterocycles. The zero-order valence-electron chi connectivity index (χ0n) is 14.3. The van der Waals surface area contributed by atoms with Gasteiger partial charge in [-0.2, -0.15) is 13.2 Å². The number of hydrogen-bond donors (Lipinski definition) is 2. The molecule has 26 heavy (non-hydrogen) atoms. The van der Waals surface area contributed by atoms with Crippen LogP contribution >= 0.6 is 11.3 Å². The molecule has 1 aliphatic rings. The third-order valence-corrected chi connectivity index (χ3v) is 5.73. The Morgan fingerprint density at radius 3 is 2.62 bits per heavy atom. The van der Waals surface area contributed by atoms with Crippen molar-refractivity contribution in [2.45, 2.75) is 31.5 Å². The average Bonchev–Trinajstić information content (AvgIpc) is 3.28. The van der Waals surface area contributed by atoms with Crippen LogP contribution in [0.2, 0.25) is 0 Å². The van der Waals surface area contributed by atoms with Gasteiger partial charge in [0.1, 0.15) is 6.04 Å². The van der Waals surface area contributed by atoms with Crippen LogP contribution < -0.4 is 10.2 Å². The monoisotopic (exact) mass is 383 g/mol. The van der Waals surface area contributed by atoms with E-state index in [-0.39, 0.29) is 18.4 Å². The van der Waals surface area contributed by atoms with Gasteiger partial charge in [-0.1, -0.05) is 24.3 Å². The van der Waals surface area contributed by atoms with Gasteiger partial charge in [0, 0.05) is 12.8 Å². The summed E-state index contributed by atoms with van der Waals surface area (Å²) in [5.74, 6) is -0.246. The lowest BCUT2D eigenvalue weighted by Gasteiger charge is -2.24. The van der Waals surface area contributed by atoms with Crippen molar-refractivity contribution in [3.05, 3.63) is 57.8 Å². The van der Waals surface area contributed by atoms with Gasteiger partial charge >= 0.3 is 6.18 Å². The summed E-state index contributed by atoms with van der Waals surface area (Å²) < 4.78 is 38.4. The van der Waals surface area contributed by atoms with Crippen LogP contribution in [0.3, 0.4) is 0 Å². The standard InChI is InChI=1S/C19H21F3N2OS/c20-19(21,22)15-6-3-5-14(11-15)12-18(25)23-13-16(17-7-4-10-26-17)24-8-1-2-9-24/h3-7,10-11,16H,1-2,8-9,12-13H2,(H,23,25)/p+1/t16-/m0/s1. The molecule has 0 spiro atoms. The molecule has 3 nitrogen and oxygen atoms in total. The van der Waals surface area contributed by atoms with Crippen molar-refractivity contribution in [2.75, 3.05) is 19.6 Å². The molecule has 2 N–H and O–H groups in total. The second-order valence-electron chi connectivity index (χ2n) is 6.61. The van der Waals surface area contributed by atoms with Crippen molar-refractivity contribution in [2.24, 2.45) is 0 Å². The summed E-state index contributed by atoms with van der Waals surface area (Å²) in [7, 11) is 0. The Kier molecular flexibility index (Phi) is 5.98. The second-order valence-corrected chi connectivity index (χ2v) is 7.59. The summed E-state index contributed by atoms with van der Waals surface area (Å²) in [4.78, 5) is 15.0. The molecule has 140 valence electrons. The van der Waals surface area contributed by atoms with Crippen LogP contribution in [0, 0.1) is 0 Å². The van der Waals surface area contributed by atoms with E-state index in [1.165, 1.54) is 28.7 Å². The quantitative estimate of drug-likeness (QED) is 0.790. The predicted octanol–water partition coefficient (Wildman–Crippen LogP) is 2.85. The Labute approximate surface area is 154 Å². The fourth-order valence-electron chi connectivity index (χ4n) is 3.43. The highest BCUT2D eigenvalue weighted by Gasteiger charge is 2.31. The van der Waals surface area contributed by atoms with Gasteiger partial charge in [0.2, 0.25) is 5.91 Å². The lowest BCUT2D eigenvalue weighted by molar-refractivity contribution is -0.918. The molecule has 0 unspecified atom stereocenters. The number of carbonyl (C=O) groups excluding carboxylic acids is 1. The molecular weight excluding hydrogens is 361 g/mol. The summed E-state index contributed by atoms with van der Waals surface area (Å²) in [6, 6.07) is 9.26. The first kappa shape index (κ1) is 18.9. The average molecular weight is 383 g/mol. The zero-order valence-corrected chi connectivity index (χ0v) is 15.1. The van der Waals surface area contributed by atoms with E-state index in [9.17, 15) is 18.0 Å². The number of hydrogen-bond acceptors (Lipinski definition) is 2. The number of quaternary nitrogens is 1. The van der Waals surface area contributed by atoms with Crippen molar-refractivity contribution in [1.29, 1.82) is 0 Å². The van der Waals surface area contributed by atoms with E-state index in [1.807, 2.05) is 11.4 Å². The van der Waals surface area contributed by atoms with Crippen LogP contribution in [0.25, 0.3) is 0 Å². The molecular formula is C19H22F3N2OS+. The summed E-state index contributed by atoms with van der Waals surface area (Å²) >= 11 is 1.68. The number of benzene rings is 1. The molecule has 0 saturated carbocycles. The molecule has 3 rings (SSSR count). The van der Waals surface area contributed by atoms with Crippen LogP contribution in [0.1, 0.15) is 34.9 Å². The van der Waals surface area contributed by atoms with Gasteiger partial charge in [0.05, 0.1) is 36.5 Å². The molecule has 1 atom stereocenters. The highest BCUT2D eigenvalue weighted by molar-refractivity contribution is 7.10. The number of nitrogens with one attached hydrogen (secondary N) is 2. The maximum atomic E-state index is 12.8. The molecule has 1 amide bonds. The minimum atomic E-state index is -4.39. The van der Waals surface area contributed by atoms with Crippen molar-refractivity contribution in [3.8, 4) is 0 Å². The minimum absolute atomic E-state index is 0.0452. The minimum Gasteiger partial charge on any atom is -0.349 e. The van der Waals surface area contributed by atoms with Crippen molar-refractivity contribution in [3.63, 3.8) is 0 Å². The van der Waals surface area contributed by atoms with Gasteiger partial charge in [-0.25, -0.2) is 0 Å². The first-order valence-corrected chi connectivity index (χ1v) is 9.62. The molecule has 0 radical (unpaired) electrons. The van der Waals surface area contributed by atoms with Gasteiger partial charge in [-0.05, 0) is 23.1 Å². The predicted molar refractivity (Wildman–Crippen MR) is 95.1 cm³/mol. The third kappa shape index (κ3) is 4.86. The Bertz CT molecular complexity index is 725. The Balaban J connectivity index is 1.60. The first-order chi connectivity index (χ1) is 12.4. The lowest BCUT2D eigenvalue weighted by Crippen LogP contribution is -3.11. The van der Waals surface area contributed by atoms with Gasteiger partial charge in [-0.15, -0.1) is 11.3 Å². The van der Waals surface area contributed by atoms with Crippen molar-refractivity contribution in [1.82, 2.24) is 5.32 Å². The van der Waals surface area contributed by atoms with Gasteiger partial charge in [0.15, 0.2) is 0 Å². The van der Waals surface area contributed by atoms with E-state index >= 15 is 0 Å². The molecule has 1 fully saturated rings. The lowest BCUT2D eigenvalue weighted by atomic mass is 10.1. The number of amides is 1. The molecule has 1 aromatic carbocycles. The summed E-state index contributed by atoms with van der Waals surface area (Å²) in [5, 5.41) is 4.95. The highest BCUT2D eigenvalue weighted by Crippen LogP contribution is 2.29. The topological polar surface area (TPSA) is 33.5 Å². The van der Waals surface area contributed by atoms with E-state index in [4.69, 9.17) is 0 Å². The number of alkyl halides is 3. The number of likely N-dealkylation sites (tertiary alicyclic amines) is 1. The molecule has 1 aromatic heterocycles. The normalized spacial score (nSPS) is 16.6. The molecule has 1 saturated heterocycles. The fourth-order valence-corrected chi connectivity index (χ4v) is 4.32. The molecule has 7 heteroatoms. The Morgan fingerprint density at radius 2 is 1.96 bits per heavy atom. The molecule has 0 bridgehead atoms. The van der Waals surface area contributed by atoms with E-state index in [0.717, 1.165) is 25.2 Å². The van der Waals surface area contributed by atoms with Gasteiger partial charge in [0.25, 0.3) is 0 Å². The number of carbonyl (C=O) groups is 1. The maximum absolute atomic E-state index is 12.8. The summed E-state index contributed by atoms with van der Waals surface area (Å²) in [6.07, 6.45) is -2.06. The van der Waals surface area contributed by atoms with E-state index in [2.05, 4.69) is 11.4 Å². The third-order valence-electron chi connectivity index (χ3n) is 4.75. The Hall–Kier alpha value is -1.86. The largest absolute Gasteiger partial charge is 0.416 e. The second kappa shape index (κ2) is 8.22. The van der Waals surface area contributed by atoms with Gasteiger partial charge < -0.3 is 10.2 Å². The van der Waals surface area contributed by atoms with Crippen LogP contribution in [-0.4, -0.2) is 25.5 Å². The van der Waals surface area contributed by atoms with Crippen molar-refractivity contribution < 1.29 is 22.9 Å².